The summed E-state index contributed by atoms with van der Waals surface area (Å²) in [4.78, 5) is 0. The van der Waals surface area contributed by atoms with E-state index in [1.54, 1.807) is 0 Å². The van der Waals surface area contributed by atoms with Crippen LogP contribution in [0.25, 0.3) is 0 Å². The van der Waals surface area contributed by atoms with Crippen molar-refractivity contribution in [3.05, 3.63) is 0 Å². The number of nitrogens with one attached hydrogen (secondary N) is 1. The third-order valence-corrected chi connectivity index (χ3v) is 4.10. The minimum atomic E-state index is -0.142. The summed E-state index contributed by atoms with van der Waals surface area (Å²) in [6.07, 6.45) is 9.04. The Labute approximate surface area is 107 Å². The standard InChI is InChI=1S/C15H28N2/c1-13(14-8-4-5-9-14)17-11-7-6-10-15(2,3)12-16/h13-14,17H,4-11H2,1-3H3/t13-/m0/s1. The average molecular weight is 236 g/mol. The van der Waals surface area contributed by atoms with Gasteiger partial charge in [-0.05, 0) is 58.9 Å². The molecule has 0 bridgehead atoms. The first-order valence-corrected chi connectivity index (χ1v) is 7.20. The van der Waals surface area contributed by atoms with Gasteiger partial charge in [0.2, 0.25) is 0 Å². The number of unbranched alkanes of at least 4 members (excludes halogenated alkanes) is 1. The van der Waals surface area contributed by atoms with Crippen LogP contribution in [0.2, 0.25) is 0 Å². The molecule has 0 radical (unpaired) electrons. The van der Waals surface area contributed by atoms with Crippen molar-refractivity contribution in [1.82, 2.24) is 5.32 Å². The minimum absolute atomic E-state index is 0.142. The van der Waals surface area contributed by atoms with Gasteiger partial charge in [-0.2, -0.15) is 5.26 Å². The molecular formula is C15H28N2. The highest BCUT2D eigenvalue weighted by Crippen LogP contribution is 2.27. The summed E-state index contributed by atoms with van der Waals surface area (Å²) in [5, 5.41) is 12.6. The third-order valence-electron chi connectivity index (χ3n) is 4.10. The first kappa shape index (κ1) is 14.5. The van der Waals surface area contributed by atoms with Gasteiger partial charge in [0.15, 0.2) is 0 Å². The molecular weight excluding hydrogens is 208 g/mol. The summed E-state index contributed by atoms with van der Waals surface area (Å²) in [7, 11) is 0. The van der Waals surface area contributed by atoms with Gasteiger partial charge >= 0.3 is 0 Å². The van der Waals surface area contributed by atoms with E-state index in [0.717, 1.165) is 25.3 Å². The molecule has 1 N–H and O–H groups in total. The van der Waals surface area contributed by atoms with Crippen LogP contribution in [-0.2, 0) is 0 Å². The number of rotatable bonds is 7. The maximum atomic E-state index is 8.92. The lowest BCUT2D eigenvalue weighted by Gasteiger charge is -2.21. The maximum absolute atomic E-state index is 8.92. The predicted molar refractivity (Wildman–Crippen MR) is 72.7 cm³/mol. The van der Waals surface area contributed by atoms with Crippen molar-refractivity contribution < 1.29 is 0 Å². The second-order valence-corrected chi connectivity index (χ2v) is 6.24. The zero-order chi connectivity index (χ0) is 12.7. The Bertz CT molecular complexity index is 246. The predicted octanol–water partition coefficient (Wildman–Crippen LogP) is 3.87. The van der Waals surface area contributed by atoms with E-state index < -0.39 is 0 Å². The number of nitrogens with zero attached hydrogens (tertiary/aromatic N) is 1. The van der Waals surface area contributed by atoms with Crippen molar-refractivity contribution in [2.24, 2.45) is 11.3 Å². The summed E-state index contributed by atoms with van der Waals surface area (Å²) in [5.41, 5.74) is -0.142. The van der Waals surface area contributed by atoms with Crippen LogP contribution in [0, 0.1) is 22.7 Å². The van der Waals surface area contributed by atoms with Crippen LogP contribution in [0.5, 0.6) is 0 Å². The molecule has 0 aromatic heterocycles. The molecule has 0 aliphatic heterocycles. The summed E-state index contributed by atoms with van der Waals surface area (Å²) in [6.45, 7) is 7.50. The van der Waals surface area contributed by atoms with Crippen molar-refractivity contribution in [2.75, 3.05) is 6.54 Å². The molecule has 0 amide bonds. The van der Waals surface area contributed by atoms with E-state index in [1.807, 2.05) is 13.8 Å². The molecule has 1 atom stereocenters. The number of nitriles is 1. The molecule has 0 aromatic rings. The number of hydrogen-bond donors (Lipinski definition) is 1. The van der Waals surface area contributed by atoms with Crippen LogP contribution in [0.3, 0.4) is 0 Å². The van der Waals surface area contributed by atoms with Gasteiger partial charge in [-0.25, -0.2) is 0 Å². The minimum Gasteiger partial charge on any atom is -0.314 e. The topological polar surface area (TPSA) is 35.8 Å². The molecule has 0 spiro atoms. The lowest BCUT2D eigenvalue weighted by molar-refractivity contribution is 0.367. The maximum Gasteiger partial charge on any atom is 0.0683 e. The van der Waals surface area contributed by atoms with E-state index in [0.29, 0.717) is 6.04 Å². The van der Waals surface area contributed by atoms with E-state index in [-0.39, 0.29) is 5.41 Å². The molecule has 2 heteroatoms. The fraction of sp³-hybridized carbons (Fsp3) is 0.933. The quantitative estimate of drug-likeness (QED) is 0.681. The van der Waals surface area contributed by atoms with Gasteiger partial charge in [0.25, 0.3) is 0 Å². The Morgan fingerprint density at radius 2 is 1.94 bits per heavy atom. The molecule has 1 fully saturated rings. The molecule has 0 heterocycles. The van der Waals surface area contributed by atoms with E-state index in [1.165, 1.54) is 32.1 Å². The summed E-state index contributed by atoms with van der Waals surface area (Å²) < 4.78 is 0. The molecule has 1 aliphatic carbocycles. The van der Waals surface area contributed by atoms with E-state index in [9.17, 15) is 0 Å². The van der Waals surface area contributed by atoms with Gasteiger partial charge in [-0.15, -0.1) is 0 Å². The average Bonchev–Trinajstić information content (AvgIpc) is 2.82. The second-order valence-electron chi connectivity index (χ2n) is 6.24. The van der Waals surface area contributed by atoms with Crippen molar-refractivity contribution in [1.29, 1.82) is 5.26 Å². The van der Waals surface area contributed by atoms with Crippen molar-refractivity contribution in [2.45, 2.75) is 71.8 Å². The molecule has 17 heavy (non-hydrogen) atoms. The van der Waals surface area contributed by atoms with Crippen molar-refractivity contribution >= 4 is 0 Å². The van der Waals surface area contributed by atoms with E-state index >= 15 is 0 Å². The van der Waals surface area contributed by atoms with Crippen LogP contribution in [0.4, 0.5) is 0 Å². The smallest absolute Gasteiger partial charge is 0.0683 e. The third kappa shape index (κ3) is 5.55. The molecule has 1 aliphatic rings. The van der Waals surface area contributed by atoms with Crippen molar-refractivity contribution in [3.8, 4) is 6.07 Å². The largest absolute Gasteiger partial charge is 0.314 e. The number of hydrogen-bond acceptors (Lipinski definition) is 2. The normalized spacial score (nSPS) is 19.2. The Hall–Kier alpha value is -0.550. The molecule has 1 rings (SSSR count). The molecule has 0 unspecified atom stereocenters. The van der Waals surface area contributed by atoms with Gasteiger partial charge in [0.05, 0.1) is 11.5 Å². The summed E-state index contributed by atoms with van der Waals surface area (Å²) >= 11 is 0. The lowest BCUT2D eigenvalue weighted by atomic mass is 9.89. The first-order chi connectivity index (χ1) is 8.05. The van der Waals surface area contributed by atoms with E-state index in [4.69, 9.17) is 5.26 Å². The van der Waals surface area contributed by atoms with Crippen LogP contribution >= 0.6 is 0 Å². The summed E-state index contributed by atoms with van der Waals surface area (Å²) in [5.74, 6) is 0.908. The van der Waals surface area contributed by atoms with Gasteiger partial charge < -0.3 is 5.32 Å². The van der Waals surface area contributed by atoms with Crippen LogP contribution in [0.1, 0.15) is 65.7 Å². The second kappa shape index (κ2) is 7.01. The van der Waals surface area contributed by atoms with Gasteiger partial charge in [0.1, 0.15) is 0 Å². The Kier molecular flexibility index (Phi) is 5.98. The molecule has 1 saturated carbocycles. The lowest BCUT2D eigenvalue weighted by Crippen LogP contribution is -2.33. The van der Waals surface area contributed by atoms with E-state index in [2.05, 4.69) is 18.3 Å². The van der Waals surface area contributed by atoms with Crippen LogP contribution in [-0.4, -0.2) is 12.6 Å². The fourth-order valence-corrected chi connectivity index (χ4v) is 2.70. The molecule has 0 aromatic carbocycles. The highest BCUT2D eigenvalue weighted by molar-refractivity contribution is 4.91. The van der Waals surface area contributed by atoms with Gasteiger partial charge in [0, 0.05) is 6.04 Å². The monoisotopic (exact) mass is 236 g/mol. The van der Waals surface area contributed by atoms with Gasteiger partial charge in [-0.3, -0.25) is 0 Å². The molecule has 98 valence electrons. The van der Waals surface area contributed by atoms with Crippen LogP contribution < -0.4 is 5.32 Å². The Morgan fingerprint density at radius 3 is 2.53 bits per heavy atom. The van der Waals surface area contributed by atoms with Crippen molar-refractivity contribution in [3.63, 3.8) is 0 Å². The van der Waals surface area contributed by atoms with Gasteiger partial charge in [-0.1, -0.05) is 19.3 Å². The SMILES string of the molecule is C[C@H](NCCCCC(C)(C)C#N)C1CCCC1. The molecule has 2 nitrogen and oxygen atoms in total. The zero-order valence-electron chi connectivity index (χ0n) is 11.8. The summed E-state index contributed by atoms with van der Waals surface area (Å²) in [6, 6.07) is 3.05. The zero-order valence-corrected chi connectivity index (χ0v) is 11.8. The van der Waals surface area contributed by atoms with Crippen LogP contribution in [0.15, 0.2) is 0 Å². The molecule has 0 saturated heterocycles. The highest BCUT2D eigenvalue weighted by Gasteiger charge is 2.20. The first-order valence-electron chi connectivity index (χ1n) is 7.20. The fourth-order valence-electron chi connectivity index (χ4n) is 2.70. The highest BCUT2D eigenvalue weighted by atomic mass is 14.9. The Balaban J connectivity index is 2.02. The Morgan fingerprint density at radius 1 is 1.29 bits per heavy atom.